The van der Waals surface area contributed by atoms with Crippen LogP contribution in [0.2, 0.25) is 0 Å². The van der Waals surface area contributed by atoms with Crippen molar-refractivity contribution in [1.29, 1.82) is 0 Å². The van der Waals surface area contributed by atoms with Gasteiger partial charge in [0.25, 0.3) is 11.8 Å². The number of amides is 2. The van der Waals surface area contributed by atoms with E-state index in [4.69, 9.17) is 0 Å². The second kappa shape index (κ2) is 11.9. The second-order valence-corrected chi connectivity index (χ2v) is 15.7. The lowest BCUT2D eigenvalue weighted by Gasteiger charge is -2.55. The first-order valence-corrected chi connectivity index (χ1v) is 17.9. The lowest BCUT2D eigenvalue weighted by Crippen LogP contribution is -2.53. The third-order valence-corrected chi connectivity index (χ3v) is 11.7. The smallest absolute Gasteiger partial charge is 0.255 e. The number of carbonyl (C=O) groups excluding carboxylic acids is 2. The predicted molar refractivity (Wildman–Crippen MR) is 182 cm³/mol. The van der Waals surface area contributed by atoms with Gasteiger partial charge in [0.2, 0.25) is 0 Å². The van der Waals surface area contributed by atoms with Crippen molar-refractivity contribution in [3.8, 4) is 11.1 Å². The molecule has 2 N–H and O–H groups in total. The number of nitrogens with zero attached hydrogens (tertiary/aromatic N) is 5. The molecule has 2 aromatic carbocycles. The number of rotatable bonds is 8. The van der Waals surface area contributed by atoms with Crippen molar-refractivity contribution < 1.29 is 19.1 Å². The highest BCUT2D eigenvalue weighted by Gasteiger charge is 2.50. The molecule has 9 nitrogen and oxygen atoms in total. The van der Waals surface area contributed by atoms with Crippen LogP contribution in [0.1, 0.15) is 84.9 Å². The summed E-state index contributed by atoms with van der Waals surface area (Å²) in [5.41, 5.74) is 5.12. The third-order valence-electron chi connectivity index (χ3n) is 11.0. The fourth-order valence-corrected chi connectivity index (χ4v) is 9.53. The summed E-state index contributed by atoms with van der Waals surface area (Å²) in [5.74, 6) is -1.25. The molecule has 2 aromatic heterocycles. The normalized spacial score (nSPS) is 24.8. The first-order chi connectivity index (χ1) is 23.1. The van der Waals surface area contributed by atoms with Crippen LogP contribution >= 0.6 is 11.3 Å². The number of aliphatic hydroxyl groups is 1. The lowest BCUT2D eigenvalue weighted by molar-refractivity contribution is -0.121. The van der Waals surface area contributed by atoms with Crippen LogP contribution in [0, 0.1) is 11.2 Å². The molecule has 0 bridgehead atoms. The molecule has 8 rings (SSSR count). The predicted octanol–water partition coefficient (Wildman–Crippen LogP) is 5.94. The summed E-state index contributed by atoms with van der Waals surface area (Å²) in [7, 11) is 0. The molecule has 5 heterocycles. The number of aliphatic hydroxyl groups excluding tert-OH is 1. The summed E-state index contributed by atoms with van der Waals surface area (Å²) < 4.78 is 17.8. The Balaban J connectivity index is 1.01. The monoisotopic (exact) mass is 668 g/mol. The van der Waals surface area contributed by atoms with Crippen LogP contribution in [-0.4, -0.2) is 67.0 Å². The maximum absolute atomic E-state index is 15.8. The number of halogens is 1. The Morgan fingerprint density at radius 1 is 1.10 bits per heavy atom. The van der Waals surface area contributed by atoms with Crippen LogP contribution in [0.5, 0.6) is 0 Å². The summed E-state index contributed by atoms with van der Waals surface area (Å²) >= 11 is 1.30. The minimum atomic E-state index is -1.01. The van der Waals surface area contributed by atoms with Crippen LogP contribution < -0.4 is 5.32 Å². The minimum Gasteiger partial charge on any atom is -0.393 e. The summed E-state index contributed by atoms with van der Waals surface area (Å²) in [5, 5.41) is 14.9. The highest BCUT2D eigenvalue weighted by atomic mass is 32.1. The fourth-order valence-electron chi connectivity index (χ4n) is 9.00. The molecule has 48 heavy (non-hydrogen) atoms. The van der Waals surface area contributed by atoms with Crippen molar-refractivity contribution in [1.82, 2.24) is 24.3 Å². The van der Waals surface area contributed by atoms with Crippen LogP contribution in [-0.2, 0) is 29.7 Å². The summed E-state index contributed by atoms with van der Waals surface area (Å²) in [6.45, 7) is 8.48. The van der Waals surface area contributed by atoms with Crippen molar-refractivity contribution in [3.05, 3.63) is 88.2 Å². The molecule has 250 valence electrons. The van der Waals surface area contributed by atoms with E-state index in [1.165, 1.54) is 27.9 Å². The zero-order valence-electron chi connectivity index (χ0n) is 27.4. The molecule has 3 aliphatic heterocycles. The number of thiazole rings is 1. The van der Waals surface area contributed by atoms with Gasteiger partial charge in [0, 0.05) is 54.6 Å². The Morgan fingerprint density at radius 2 is 1.88 bits per heavy atom. The first-order valence-electron chi connectivity index (χ1n) is 17.0. The van der Waals surface area contributed by atoms with Gasteiger partial charge in [-0.3, -0.25) is 14.9 Å². The van der Waals surface area contributed by atoms with Crippen LogP contribution in [0.4, 0.5) is 9.52 Å². The lowest BCUT2D eigenvalue weighted by atomic mass is 9.52. The molecule has 4 aliphatic rings. The number of fused-ring (bicyclic) bond motifs is 2. The summed E-state index contributed by atoms with van der Waals surface area (Å²) in [6, 6.07) is 10.6. The van der Waals surface area contributed by atoms with Gasteiger partial charge in [-0.2, -0.15) is 0 Å². The minimum absolute atomic E-state index is 0.0173. The SMILES string of the molecule is CC1(CN2CCC(O)CC2)CC(C)(c2ccc(-c3cc(F)c4c(c3)C(=O)N(C(C(=O)Nc3nccs3)c3ncn5c3CCC5)C4)cc2)C1. The number of anilines is 1. The van der Waals surface area contributed by atoms with Gasteiger partial charge in [-0.1, -0.05) is 38.1 Å². The molecule has 11 heteroatoms. The fraction of sp³-hybridized carbons (Fsp3) is 0.459. The van der Waals surface area contributed by atoms with Crippen molar-refractivity contribution in [2.45, 2.75) is 83.0 Å². The first kappa shape index (κ1) is 31.3. The molecule has 0 radical (unpaired) electrons. The number of aryl methyl sites for hydroxylation is 1. The molecule has 1 atom stereocenters. The van der Waals surface area contributed by atoms with Gasteiger partial charge in [0.15, 0.2) is 11.2 Å². The average molecular weight is 669 g/mol. The number of benzene rings is 2. The number of hydrogen-bond donors (Lipinski definition) is 2. The van der Waals surface area contributed by atoms with E-state index >= 15 is 4.39 Å². The van der Waals surface area contributed by atoms with Crippen LogP contribution in [0.15, 0.2) is 54.3 Å². The number of nitrogens with one attached hydrogen (secondary N) is 1. The average Bonchev–Trinajstić information content (AvgIpc) is 3.86. The summed E-state index contributed by atoms with van der Waals surface area (Å²) in [6.07, 6.45) is 8.78. The second-order valence-electron chi connectivity index (χ2n) is 14.8. The van der Waals surface area contributed by atoms with E-state index in [-0.39, 0.29) is 34.9 Å². The van der Waals surface area contributed by atoms with Gasteiger partial charge in [-0.05, 0) is 78.2 Å². The Labute approximate surface area is 283 Å². The van der Waals surface area contributed by atoms with Crippen LogP contribution in [0.25, 0.3) is 11.1 Å². The summed E-state index contributed by atoms with van der Waals surface area (Å²) in [4.78, 5) is 40.5. The quantitative estimate of drug-likeness (QED) is 0.241. The number of hydrogen-bond acceptors (Lipinski definition) is 7. The molecule has 4 aromatic rings. The largest absolute Gasteiger partial charge is 0.393 e. The maximum atomic E-state index is 15.8. The number of aromatic nitrogens is 3. The van der Waals surface area contributed by atoms with E-state index < -0.39 is 17.8 Å². The molecule has 1 aliphatic carbocycles. The topological polar surface area (TPSA) is 104 Å². The molecule has 1 saturated heterocycles. The maximum Gasteiger partial charge on any atom is 0.255 e. The Morgan fingerprint density at radius 3 is 2.60 bits per heavy atom. The molecule has 0 spiro atoms. The van der Waals surface area contributed by atoms with Crippen molar-refractivity contribution in [2.75, 3.05) is 25.0 Å². The van der Waals surface area contributed by atoms with E-state index in [1.54, 1.807) is 24.0 Å². The molecule has 2 amide bonds. The van der Waals surface area contributed by atoms with Crippen LogP contribution in [0.3, 0.4) is 0 Å². The Kier molecular flexibility index (Phi) is 7.76. The van der Waals surface area contributed by atoms with Gasteiger partial charge in [0.1, 0.15) is 5.82 Å². The molecule has 2 fully saturated rings. The zero-order chi connectivity index (χ0) is 33.2. The number of piperidine rings is 1. The van der Waals surface area contributed by atoms with Crippen molar-refractivity contribution in [2.24, 2.45) is 5.41 Å². The van der Waals surface area contributed by atoms with E-state index in [0.29, 0.717) is 22.0 Å². The van der Waals surface area contributed by atoms with Gasteiger partial charge >= 0.3 is 0 Å². The number of carbonyl (C=O) groups is 2. The highest BCUT2D eigenvalue weighted by Crippen LogP contribution is 2.56. The Hall–Kier alpha value is -3.93. The zero-order valence-corrected chi connectivity index (χ0v) is 28.2. The molecular formula is C37H41FN6O3S. The van der Waals surface area contributed by atoms with Gasteiger partial charge in [0.05, 0.1) is 24.7 Å². The standard InChI is InChI=1S/C37H41FN6O3S/c1-36(21-42-13-9-26(45)10-14-42)19-37(2,20-36)25-7-5-23(6-8-25)24-16-27-28(29(38)17-24)18-44(34(27)47)32(33(46)41-35-39-11-15-48-35)31-30-4-3-12-43(30)22-40-31/h5-8,11,15-17,22,26,32,45H,3-4,9-10,12-14,18-21H2,1-2H3,(H,39,41,46). The molecule has 1 unspecified atom stereocenters. The molecular weight excluding hydrogens is 628 g/mol. The van der Waals surface area contributed by atoms with E-state index in [0.717, 1.165) is 76.0 Å². The van der Waals surface area contributed by atoms with Gasteiger partial charge in [-0.25, -0.2) is 14.4 Å². The van der Waals surface area contributed by atoms with E-state index in [9.17, 15) is 14.7 Å². The highest BCUT2D eigenvalue weighted by molar-refractivity contribution is 7.13. The molecule has 1 saturated carbocycles. The Bertz CT molecular complexity index is 1860. The van der Waals surface area contributed by atoms with Gasteiger partial charge in [-0.15, -0.1) is 11.3 Å². The van der Waals surface area contributed by atoms with E-state index in [2.05, 4.69) is 46.2 Å². The third kappa shape index (κ3) is 5.55. The van der Waals surface area contributed by atoms with Gasteiger partial charge < -0.3 is 19.5 Å². The van der Waals surface area contributed by atoms with Crippen molar-refractivity contribution in [3.63, 3.8) is 0 Å². The number of likely N-dealkylation sites (tertiary alicyclic amines) is 1. The van der Waals surface area contributed by atoms with E-state index in [1.807, 2.05) is 16.7 Å². The number of imidazole rings is 1. The van der Waals surface area contributed by atoms with Crippen molar-refractivity contribution >= 4 is 28.3 Å².